The minimum Gasteiger partial charge on any atom is -0.301 e. The number of likely N-dealkylation sites (tertiary alicyclic amines) is 1. The maximum absolute atomic E-state index is 13.6. The number of benzene rings is 3. The van der Waals surface area contributed by atoms with Crippen molar-refractivity contribution < 1.29 is 13.6 Å². The molecule has 0 N–H and O–H groups in total. The number of rotatable bonds is 5. The number of carbonyl (C=O) groups excluding carboxylic acids is 1. The number of thiocarbonyl (C=S) groups is 1. The first kappa shape index (κ1) is 23.5. The largest absolute Gasteiger partial charge is 0.301 e. The molecule has 0 saturated carbocycles. The van der Waals surface area contributed by atoms with Crippen LogP contribution in [0.5, 0.6) is 0 Å². The van der Waals surface area contributed by atoms with Gasteiger partial charge in [0.05, 0.1) is 4.99 Å². The molecule has 3 aromatic rings. The number of halogens is 2. The summed E-state index contributed by atoms with van der Waals surface area (Å²) in [6.07, 6.45) is 2.33. The normalized spacial score (nSPS) is 16.4. The Labute approximate surface area is 209 Å². The fourth-order valence-electron chi connectivity index (χ4n) is 4.97. The van der Waals surface area contributed by atoms with Crippen molar-refractivity contribution in [1.29, 1.82) is 0 Å². The second-order valence-electron chi connectivity index (χ2n) is 9.02. The Kier molecular flexibility index (Phi) is 6.84. The van der Waals surface area contributed by atoms with Gasteiger partial charge in [0.2, 0.25) is 0 Å². The molecule has 2 aliphatic rings. The molecule has 1 amide bonds. The van der Waals surface area contributed by atoms with Crippen LogP contribution in [0.15, 0.2) is 78.4 Å². The maximum atomic E-state index is 13.6. The van der Waals surface area contributed by atoms with Gasteiger partial charge in [-0.05, 0) is 65.4 Å². The molecule has 0 radical (unpaired) electrons. The van der Waals surface area contributed by atoms with Crippen molar-refractivity contribution in [2.75, 3.05) is 26.2 Å². The first-order valence-electron chi connectivity index (χ1n) is 11.9. The highest BCUT2D eigenvalue weighted by molar-refractivity contribution is 7.80. The van der Waals surface area contributed by atoms with Gasteiger partial charge in [0, 0.05) is 38.2 Å². The molecule has 3 aromatic carbocycles. The van der Waals surface area contributed by atoms with Crippen molar-refractivity contribution >= 4 is 28.7 Å². The third kappa shape index (κ3) is 5.09. The Morgan fingerprint density at radius 3 is 1.97 bits per heavy atom. The van der Waals surface area contributed by atoms with E-state index in [0.717, 1.165) is 60.3 Å². The van der Waals surface area contributed by atoms with Crippen LogP contribution in [0.4, 0.5) is 8.78 Å². The van der Waals surface area contributed by atoms with E-state index in [1.165, 1.54) is 29.8 Å². The molecule has 2 heterocycles. The number of amides is 1. The fourth-order valence-corrected chi connectivity index (χ4v) is 5.30. The third-order valence-corrected chi connectivity index (χ3v) is 7.22. The van der Waals surface area contributed by atoms with Crippen molar-refractivity contribution in [3.05, 3.63) is 112 Å². The Morgan fingerprint density at radius 2 is 1.37 bits per heavy atom. The number of hydrogen-bond acceptors (Lipinski definition) is 3. The van der Waals surface area contributed by atoms with E-state index in [0.29, 0.717) is 18.0 Å². The number of nitrogens with zero attached hydrogens (tertiary/aromatic N) is 2. The highest BCUT2D eigenvalue weighted by Gasteiger charge is 2.28. The highest BCUT2D eigenvalue weighted by atomic mass is 32.1. The van der Waals surface area contributed by atoms with Crippen LogP contribution in [0.3, 0.4) is 0 Å². The SMILES string of the molecule is O=C1c2ccccc2CC(=S)N1CCN1CCC(=C(c2ccc(F)cc2)c2ccc(F)cc2)CC1. The lowest BCUT2D eigenvalue weighted by Gasteiger charge is -2.34. The summed E-state index contributed by atoms with van der Waals surface area (Å²) in [7, 11) is 0. The van der Waals surface area contributed by atoms with E-state index in [-0.39, 0.29) is 17.5 Å². The molecule has 0 unspecified atom stereocenters. The molecule has 0 spiro atoms. The molecular weight excluding hydrogens is 462 g/mol. The average Bonchev–Trinajstić information content (AvgIpc) is 2.87. The van der Waals surface area contributed by atoms with Crippen LogP contribution in [-0.4, -0.2) is 46.9 Å². The van der Waals surface area contributed by atoms with Crippen molar-refractivity contribution in [2.24, 2.45) is 0 Å². The van der Waals surface area contributed by atoms with Crippen LogP contribution in [0.25, 0.3) is 5.57 Å². The summed E-state index contributed by atoms with van der Waals surface area (Å²) in [5.74, 6) is -0.566. The van der Waals surface area contributed by atoms with Crippen LogP contribution in [-0.2, 0) is 6.42 Å². The number of carbonyl (C=O) groups is 1. The van der Waals surface area contributed by atoms with Crippen molar-refractivity contribution in [3.63, 3.8) is 0 Å². The van der Waals surface area contributed by atoms with E-state index in [1.54, 1.807) is 29.2 Å². The predicted octanol–water partition coefficient (Wildman–Crippen LogP) is 5.89. The number of piperidine rings is 1. The molecule has 6 heteroatoms. The lowest BCUT2D eigenvalue weighted by atomic mass is 9.88. The molecule has 1 fully saturated rings. The molecule has 178 valence electrons. The highest BCUT2D eigenvalue weighted by Crippen LogP contribution is 2.33. The fraction of sp³-hybridized carbons (Fsp3) is 0.241. The van der Waals surface area contributed by atoms with E-state index in [4.69, 9.17) is 12.2 Å². The maximum Gasteiger partial charge on any atom is 0.259 e. The van der Waals surface area contributed by atoms with Crippen LogP contribution < -0.4 is 0 Å². The quantitative estimate of drug-likeness (QED) is 0.419. The van der Waals surface area contributed by atoms with Crippen LogP contribution in [0, 0.1) is 11.6 Å². The third-order valence-electron chi connectivity index (χ3n) is 6.85. The van der Waals surface area contributed by atoms with Gasteiger partial charge in [-0.15, -0.1) is 0 Å². The van der Waals surface area contributed by atoms with Crippen molar-refractivity contribution in [2.45, 2.75) is 19.3 Å². The second kappa shape index (κ2) is 10.2. The molecule has 35 heavy (non-hydrogen) atoms. The van der Waals surface area contributed by atoms with Crippen molar-refractivity contribution in [3.8, 4) is 0 Å². The Bertz CT molecular complexity index is 1230. The zero-order valence-electron chi connectivity index (χ0n) is 19.3. The smallest absolute Gasteiger partial charge is 0.259 e. The van der Waals surface area contributed by atoms with Gasteiger partial charge in [0.25, 0.3) is 5.91 Å². The molecule has 1 saturated heterocycles. The molecule has 5 rings (SSSR count). The number of fused-ring (bicyclic) bond motifs is 1. The van der Waals surface area contributed by atoms with Gasteiger partial charge in [0.15, 0.2) is 0 Å². The summed E-state index contributed by atoms with van der Waals surface area (Å²) in [5.41, 5.74) is 5.94. The summed E-state index contributed by atoms with van der Waals surface area (Å²) < 4.78 is 27.1. The summed E-state index contributed by atoms with van der Waals surface area (Å²) >= 11 is 5.55. The van der Waals surface area contributed by atoms with Gasteiger partial charge < -0.3 is 9.80 Å². The molecule has 0 bridgehead atoms. The molecule has 2 aliphatic heterocycles. The lowest BCUT2D eigenvalue weighted by molar-refractivity contribution is 0.0826. The Morgan fingerprint density at radius 1 is 0.800 bits per heavy atom. The van der Waals surface area contributed by atoms with E-state index < -0.39 is 0 Å². The van der Waals surface area contributed by atoms with Crippen LogP contribution >= 0.6 is 12.2 Å². The topological polar surface area (TPSA) is 23.6 Å². The first-order valence-corrected chi connectivity index (χ1v) is 12.3. The van der Waals surface area contributed by atoms with Crippen LogP contribution in [0.1, 0.15) is 39.9 Å². The van der Waals surface area contributed by atoms with Gasteiger partial charge in [-0.3, -0.25) is 4.79 Å². The standard InChI is InChI=1S/C29H26F2N2OS/c30-24-9-5-20(6-10-24)28(21-7-11-25(31)12-8-21)22-13-15-32(16-14-22)17-18-33-27(35)19-23-3-1-2-4-26(23)29(33)34/h1-12H,13-19H2. The zero-order chi connectivity index (χ0) is 24.4. The molecule has 3 nitrogen and oxygen atoms in total. The van der Waals surface area contributed by atoms with Gasteiger partial charge in [-0.25, -0.2) is 8.78 Å². The van der Waals surface area contributed by atoms with Gasteiger partial charge in [-0.1, -0.05) is 60.3 Å². The summed E-state index contributed by atoms with van der Waals surface area (Å²) in [5, 5.41) is 0. The van der Waals surface area contributed by atoms with Gasteiger partial charge in [0.1, 0.15) is 11.6 Å². The van der Waals surface area contributed by atoms with Gasteiger partial charge >= 0.3 is 0 Å². The summed E-state index contributed by atoms with van der Waals surface area (Å²) in [6, 6.07) is 20.7. The predicted molar refractivity (Wildman–Crippen MR) is 138 cm³/mol. The van der Waals surface area contributed by atoms with E-state index in [9.17, 15) is 13.6 Å². The van der Waals surface area contributed by atoms with E-state index in [1.807, 2.05) is 24.3 Å². The molecule has 0 aromatic heterocycles. The molecule has 0 atom stereocenters. The monoisotopic (exact) mass is 488 g/mol. The minimum atomic E-state index is -0.278. The first-order chi connectivity index (χ1) is 17.0. The zero-order valence-corrected chi connectivity index (χ0v) is 20.2. The van der Waals surface area contributed by atoms with Gasteiger partial charge in [-0.2, -0.15) is 0 Å². The minimum absolute atomic E-state index is 0.00986. The van der Waals surface area contributed by atoms with E-state index >= 15 is 0 Å². The van der Waals surface area contributed by atoms with E-state index in [2.05, 4.69) is 4.90 Å². The number of hydrogen-bond donors (Lipinski definition) is 0. The van der Waals surface area contributed by atoms with Crippen LogP contribution in [0.2, 0.25) is 0 Å². The molecule has 0 aliphatic carbocycles. The lowest BCUT2D eigenvalue weighted by Crippen LogP contribution is -2.46. The summed E-state index contributed by atoms with van der Waals surface area (Å²) in [4.78, 5) is 17.7. The summed E-state index contributed by atoms with van der Waals surface area (Å²) in [6.45, 7) is 3.04. The Hall–Kier alpha value is -3.22. The van der Waals surface area contributed by atoms with Crippen molar-refractivity contribution in [1.82, 2.24) is 9.80 Å². The Balaban J connectivity index is 1.29. The molecular formula is C29H26F2N2OS. The second-order valence-corrected chi connectivity index (χ2v) is 9.49. The average molecular weight is 489 g/mol.